The molecule has 1 heterocycles. The number of aromatic amines is 1. The Labute approximate surface area is 166 Å². The third-order valence-corrected chi connectivity index (χ3v) is 3.86. The summed E-state index contributed by atoms with van der Waals surface area (Å²) in [6, 6.07) is -3.49. The van der Waals surface area contributed by atoms with Gasteiger partial charge in [-0.25, -0.2) is 9.78 Å². The van der Waals surface area contributed by atoms with Gasteiger partial charge in [0.2, 0.25) is 23.6 Å². The van der Waals surface area contributed by atoms with Gasteiger partial charge in [-0.15, -0.1) is 0 Å². The number of rotatable bonds is 12. The average molecular weight is 411 g/mol. The minimum atomic E-state index is -1.34. The lowest BCUT2D eigenvalue weighted by molar-refractivity contribution is -0.142. The fourth-order valence-corrected chi connectivity index (χ4v) is 2.30. The molecule has 160 valence electrons. The van der Waals surface area contributed by atoms with Gasteiger partial charge in [0.1, 0.15) is 18.1 Å². The number of carboxylic acid groups (broad SMARTS) is 1. The van der Waals surface area contributed by atoms with Crippen LogP contribution in [0.1, 0.15) is 25.5 Å². The largest absolute Gasteiger partial charge is 0.480 e. The molecule has 3 atom stereocenters. The van der Waals surface area contributed by atoms with E-state index < -0.39 is 47.7 Å². The first-order chi connectivity index (χ1) is 13.6. The Kier molecular flexibility index (Phi) is 9.25. The number of nitrogens with one attached hydrogen (secondary N) is 4. The number of carboxylic acids is 1. The molecule has 0 saturated carbocycles. The molecule has 3 unspecified atom stereocenters. The predicted molar refractivity (Wildman–Crippen MR) is 98.9 cm³/mol. The maximum absolute atomic E-state index is 12.5. The number of H-pyrrole nitrogens is 1. The van der Waals surface area contributed by atoms with Gasteiger partial charge >= 0.3 is 5.97 Å². The molecule has 0 aliphatic rings. The van der Waals surface area contributed by atoms with Crippen LogP contribution in [-0.2, 0) is 30.4 Å². The van der Waals surface area contributed by atoms with Crippen LogP contribution in [0.5, 0.6) is 0 Å². The second kappa shape index (κ2) is 11.4. The molecule has 0 spiro atoms. The Morgan fingerprint density at radius 1 is 1.14 bits per heavy atom. The van der Waals surface area contributed by atoms with Gasteiger partial charge in [-0.3, -0.25) is 19.2 Å². The molecule has 4 amide bonds. The summed E-state index contributed by atoms with van der Waals surface area (Å²) >= 11 is 0. The number of carbonyl (C=O) groups is 5. The van der Waals surface area contributed by atoms with Crippen molar-refractivity contribution in [1.82, 2.24) is 25.9 Å². The van der Waals surface area contributed by atoms with E-state index in [1.54, 1.807) is 0 Å². The van der Waals surface area contributed by atoms with E-state index in [2.05, 4.69) is 25.9 Å². The van der Waals surface area contributed by atoms with E-state index in [9.17, 15) is 24.0 Å². The molecule has 0 aliphatic carbocycles. The van der Waals surface area contributed by atoms with Crippen LogP contribution < -0.4 is 27.4 Å². The molecule has 0 radical (unpaired) electrons. The number of imidazole rings is 1. The minimum Gasteiger partial charge on any atom is -0.480 e. The fourth-order valence-electron chi connectivity index (χ4n) is 2.30. The summed E-state index contributed by atoms with van der Waals surface area (Å²) in [5.74, 6) is -4.07. The molecule has 1 rings (SSSR count). The number of hydrogen-bond acceptors (Lipinski definition) is 7. The van der Waals surface area contributed by atoms with E-state index in [1.165, 1.54) is 19.4 Å². The van der Waals surface area contributed by atoms with Crippen molar-refractivity contribution >= 4 is 29.6 Å². The Morgan fingerprint density at radius 2 is 1.83 bits per heavy atom. The van der Waals surface area contributed by atoms with Crippen molar-refractivity contribution in [3.05, 3.63) is 18.2 Å². The van der Waals surface area contributed by atoms with Gasteiger partial charge < -0.3 is 37.5 Å². The monoisotopic (exact) mass is 411 g/mol. The Bertz CT molecular complexity index is 736. The number of nitrogens with two attached hydrogens (primary N) is 2. The van der Waals surface area contributed by atoms with Crippen molar-refractivity contribution in [3.63, 3.8) is 0 Å². The van der Waals surface area contributed by atoms with Gasteiger partial charge in [-0.2, -0.15) is 0 Å². The van der Waals surface area contributed by atoms with E-state index in [4.69, 9.17) is 16.6 Å². The van der Waals surface area contributed by atoms with Gasteiger partial charge in [-0.1, -0.05) is 0 Å². The van der Waals surface area contributed by atoms with Crippen molar-refractivity contribution in [1.29, 1.82) is 0 Å². The molecular weight excluding hydrogens is 386 g/mol. The summed E-state index contributed by atoms with van der Waals surface area (Å²) in [6.45, 7) is 1.02. The van der Waals surface area contributed by atoms with Crippen molar-refractivity contribution < 1.29 is 29.1 Å². The van der Waals surface area contributed by atoms with Gasteiger partial charge in [0.25, 0.3) is 0 Å². The third kappa shape index (κ3) is 8.38. The number of aliphatic carboxylic acids is 1. The number of nitrogens with zero attached hydrogens (tertiary/aromatic N) is 1. The zero-order valence-electron chi connectivity index (χ0n) is 15.8. The third-order valence-electron chi connectivity index (χ3n) is 3.86. The SMILES string of the molecule is CC(NC(=O)C(Cc1cnc[nH]1)NC(=O)CN)C(=O)NC(CCC(N)=O)C(=O)O. The van der Waals surface area contributed by atoms with Crippen LogP contribution in [0.3, 0.4) is 0 Å². The average Bonchev–Trinajstić information content (AvgIpc) is 3.16. The highest BCUT2D eigenvalue weighted by Gasteiger charge is 2.27. The van der Waals surface area contributed by atoms with Crippen molar-refractivity contribution in [2.75, 3.05) is 6.54 Å². The van der Waals surface area contributed by atoms with E-state index in [-0.39, 0.29) is 25.8 Å². The summed E-state index contributed by atoms with van der Waals surface area (Å²) in [5, 5.41) is 16.2. The first-order valence-corrected chi connectivity index (χ1v) is 8.72. The zero-order valence-corrected chi connectivity index (χ0v) is 15.8. The maximum Gasteiger partial charge on any atom is 0.326 e. The summed E-state index contributed by atoms with van der Waals surface area (Å²) in [7, 11) is 0. The molecule has 0 aliphatic heterocycles. The number of hydrogen-bond donors (Lipinski definition) is 7. The highest BCUT2D eigenvalue weighted by Crippen LogP contribution is 2.01. The lowest BCUT2D eigenvalue weighted by Crippen LogP contribution is -2.55. The van der Waals surface area contributed by atoms with E-state index in [0.717, 1.165) is 0 Å². The summed E-state index contributed by atoms with van der Waals surface area (Å²) in [4.78, 5) is 65.0. The number of amides is 4. The van der Waals surface area contributed by atoms with Crippen molar-refractivity contribution in [2.24, 2.45) is 11.5 Å². The maximum atomic E-state index is 12.5. The first-order valence-electron chi connectivity index (χ1n) is 8.72. The molecule has 1 aromatic rings. The van der Waals surface area contributed by atoms with Crippen molar-refractivity contribution in [2.45, 2.75) is 44.3 Å². The molecule has 9 N–H and O–H groups in total. The summed E-state index contributed by atoms with van der Waals surface area (Å²) in [5.41, 5.74) is 10.8. The lowest BCUT2D eigenvalue weighted by atomic mass is 10.1. The lowest BCUT2D eigenvalue weighted by Gasteiger charge is -2.22. The number of primary amides is 1. The van der Waals surface area contributed by atoms with Crippen LogP contribution in [-0.4, -0.2) is 69.3 Å². The first kappa shape index (κ1) is 23.6. The van der Waals surface area contributed by atoms with Crippen LogP contribution in [0, 0.1) is 0 Å². The van der Waals surface area contributed by atoms with Gasteiger partial charge in [0.05, 0.1) is 12.9 Å². The van der Waals surface area contributed by atoms with Crippen LogP contribution >= 0.6 is 0 Å². The highest BCUT2D eigenvalue weighted by molar-refractivity contribution is 5.93. The molecular formula is C16H25N7O6. The van der Waals surface area contributed by atoms with E-state index in [1.807, 2.05) is 0 Å². The second-order valence-corrected chi connectivity index (χ2v) is 6.24. The molecule has 29 heavy (non-hydrogen) atoms. The standard InChI is InChI=1S/C16H25N7O6/c1-8(14(26)23-10(16(28)29)2-3-12(18)24)21-15(27)11(22-13(25)5-17)4-9-6-19-7-20-9/h6-8,10-11H,2-5,17H2,1H3,(H2,18,24)(H,19,20)(H,21,27)(H,22,25)(H,23,26)(H,28,29). The summed E-state index contributed by atoms with van der Waals surface area (Å²) in [6.07, 6.45) is 2.54. The molecule has 1 aromatic heterocycles. The van der Waals surface area contributed by atoms with Crippen LogP contribution in [0.2, 0.25) is 0 Å². The quantitative estimate of drug-likeness (QED) is 0.184. The van der Waals surface area contributed by atoms with Crippen LogP contribution in [0.25, 0.3) is 0 Å². The predicted octanol–water partition coefficient (Wildman–Crippen LogP) is -3.26. The van der Waals surface area contributed by atoms with Crippen LogP contribution in [0.4, 0.5) is 0 Å². The van der Waals surface area contributed by atoms with Gasteiger partial charge in [0.15, 0.2) is 0 Å². The van der Waals surface area contributed by atoms with E-state index in [0.29, 0.717) is 5.69 Å². The Balaban J connectivity index is 2.73. The molecule has 13 nitrogen and oxygen atoms in total. The van der Waals surface area contributed by atoms with Crippen molar-refractivity contribution in [3.8, 4) is 0 Å². The van der Waals surface area contributed by atoms with Gasteiger partial charge in [0, 0.05) is 24.7 Å². The fraction of sp³-hybridized carbons (Fsp3) is 0.500. The zero-order chi connectivity index (χ0) is 22.0. The van der Waals surface area contributed by atoms with Gasteiger partial charge in [-0.05, 0) is 13.3 Å². The molecule has 13 heteroatoms. The van der Waals surface area contributed by atoms with E-state index >= 15 is 0 Å². The molecule has 0 fully saturated rings. The molecule has 0 bridgehead atoms. The minimum absolute atomic E-state index is 0.0717. The van der Waals surface area contributed by atoms with Crippen LogP contribution in [0.15, 0.2) is 12.5 Å². The number of aromatic nitrogens is 2. The molecule has 0 saturated heterocycles. The second-order valence-electron chi connectivity index (χ2n) is 6.24. The number of carbonyl (C=O) groups excluding carboxylic acids is 4. The highest BCUT2D eigenvalue weighted by atomic mass is 16.4. The summed E-state index contributed by atoms with van der Waals surface area (Å²) < 4.78 is 0. The normalized spacial score (nSPS) is 13.6. The Morgan fingerprint density at radius 3 is 2.34 bits per heavy atom. The smallest absolute Gasteiger partial charge is 0.326 e. The molecule has 0 aromatic carbocycles. The topological polar surface area (TPSA) is 222 Å². The Hall–Kier alpha value is -3.48.